The van der Waals surface area contributed by atoms with Gasteiger partial charge in [-0.05, 0) is 24.3 Å². The summed E-state index contributed by atoms with van der Waals surface area (Å²) in [5, 5.41) is 2.92. The Morgan fingerprint density at radius 3 is 2.55 bits per heavy atom. The van der Waals surface area contributed by atoms with E-state index in [0.717, 1.165) is 19.3 Å². The molecule has 1 aromatic rings. The number of hydrogen-bond donors (Lipinski definition) is 1. The number of aryl methyl sites for hydroxylation is 1. The second kappa shape index (κ2) is 8.76. The van der Waals surface area contributed by atoms with E-state index >= 15 is 0 Å². The maximum absolute atomic E-state index is 12.1. The van der Waals surface area contributed by atoms with Crippen LogP contribution in [0.4, 0.5) is 0 Å². The molecular weight excluding hydrogens is 276 g/mol. The molecule has 1 aromatic heterocycles. The molecule has 0 radical (unpaired) electrons. The van der Waals surface area contributed by atoms with Gasteiger partial charge in [-0.2, -0.15) is 0 Å². The van der Waals surface area contributed by atoms with Gasteiger partial charge < -0.3 is 9.88 Å². The van der Waals surface area contributed by atoms with Gasteiger partial charge in [0.1, 0.15) is 0 Å². The molecule has 0 atom stereocenters. The quantitative estimate of drug-likeness (QED) is 0.746. The van der Waals surface area contributed by atoms with Crippen molar-refractivity contribution in [3.63, 3.8) is 0 Å². The number of hydrogen-bond acceptors (Lipinski definition) is 2. The first-order valence-corrected chi connectivity index (χ1v) is 8.32. The van der Waals surface area contributed by atoms with Crippen molar-refractivity contribution in [3.05, 3.63) is 34.2 Å². The van der Waals surface area contributed by atoms with Gasteiger partial charge in [0.05, 0.1) is 5.56 Å². The molecule has 0 aliphatic carbocycles. The monoisotopic (exact) mass is 306 g/mol. The van der Waals surface area contributed by atoms with Crippen molar-refractivity contribution in [2.45, 2.75) is 66.3 Å². The summed E-state index contributed by atoms with van der Waals surface area (Å²) in [6, 6.07) is 3.09. The Balaban J connectivity index is 2.59. The van der Waals surface area contributed by atoms with Crippen molar-refractivity contribution in [1.29, 1.82) is 0 Å². The maximum Gasteiger partial charge on any atom is 0.252 e. The number of nitrogens with zero attached hydrogens (tertiary/aromatic N) is 1. The summed E-state index contributed by atoms with van der Waals surface area (Å²) in [5.41, 5.74) is 0.720. The summed E-state index contributed by atoms with van der Waals surface area (Å²) in [6.45, 7) is 9.94. The number of carbonyl (C=O) groups excluding carboxylic acids is 1. The Morgan fingerprint density at radius 1 is 1.18 bits per heavy atom. The molecule has 0 aliphatic heterocycles. The molecule has 22 heavy (non-hydrogen) atoms. The van der Waals surface area contributed by atoms with Gasteiger partial charge in [0.2, 0.25) is 0 Å². The minimum absolute atomic E-state index is 0.0391. The van der Waals surface area contributed by atoms with Gasteiger partial charge in [0.25, 0.3) is 11.5 Å². The van der Waals surface area contributed by atoms with Gasteiger partial charge in [-0.25, -0.2) is 0 Å². The van der Waals surface area contributed by atoms with E-state index in [4.69, 9.17) is 0 Å². The van der Waals surface area contributed by atoms with E-state index in [1.54, 1.807) is 16.8 Å². The molecule has 1 amide bonds. The summed E-state index contributed by atoms with van der Waals surface area (Å²) < 4.78 is 1.65. The van der Waals surface area contributed by atoms with Crippen LogP contribution in [-0.2, 0) is 6.54 Å². The van der Waals surface area contributed by atoms with E-state index in [1.165, 1.54) is 18.9 Å². The summed E-state index contributed by atoms with van der Waals surface area (Å²) >= 11 is 0. The molecule has 0 spiro atoms. The molecule has 1 N–H and O–H groups in total. The third-order valence-corrected chi connectivity index (χ3v) is 3.66. The molecule has 0 unspecified atom stereocenters. The fraction of sp³-hybridized carbons (Fsp3) is 0.667. The second-order valence-electron chi connectivity index (χ2n) is 7.08. The van der Waals surface area contributed by atoms with Crippen LogP contribution in [0.5, 0.6) is 0 Å². The van der Waals surface area contributed by atoms with Crippen LogP contribution in [0, 0.1) is 5.41 Å². The van der Waals surface area contributed by atoms with Gasteiger partial charge in [-0.1, -0.05) is 47.0 Å². The van der Waals surface area contributed by atoms with Crippen LogP contribution in [0.2, 0.25) is 0 Å². The predicted octanol–water partition coefficient (Wildman–Crippen LogP) is 3.59. The molecular formula is C18H30N2O2. The second-order valence-corrected chi connectivity index (χ2v) is 7.08. The van der Waals surface area contributed by atoms with Crippen molar-refractivity contribution in [2.24, 2.45) is 5.41 Å². The lowest BCUT2D eigenvalue weighted by molar-refractivity contribution is 0.0948. The van der Waals surface area contributed by atoms with Crippen LogP contribution in [0.1, 0.15) is 70.2 Å². The van der Waals surface area contributed by atoms with E-state index in [2.05, 4.69) is 33.0 Å². The molecule has 4 heteroatoms. The highest BCUT2D eigenvalue weighted by atomic mass is 16.2. The maximum atomic E-state index is 12.1. The lowest BCUT2D eigenvalue weighted by atomic mass is 9.92. The van der Waals surface area contributed by atoms with E-state index < -0.39 is 0 Å². The zero-order chi connectivity index (χ0) is 16.6. The molecule has 4 nitrogen and oxygen atoms in total. The Labute approximate surface area is 133 Å². The smallest absolute Gasteiger partial charge is 0.252 e. The third kappa shape index (κ3) is 6.92. The van der Waals surface area contributed by atoms with Crippen molar-refractivity contribution in [1.82, 2.24) is 9.88 Å². The average Bonchev–Trinajstić information content (AvgIpc) is 2.43. The molecule has 0 fully saturated rings. The highest BCUT2D eigenvalue weighted by molar-refractivity contribution is 5.93. The molecule has 0 bridgehead atoms. The van der Waals surface area contributed by atoms with Crippen LogP contribution < -0.4 is 10.9 Å². The summed E-state index contributed by atoms with van der Waals surface area (Å²) in [5.74, 6) is -0.105. The lowest BCUT2D eigenvalue weighted by Gasteiger charge is -2.18. The molecule has 0 saturated heterocycles. The summed E-state index contributed by atoms with van der Waals surface area (Å²) in [6.07, 6.45) is 7.05. The standard InChI is InChI=1S/C18H30N2O2/c1-5-6-7-8-13-20-14-15(9-10-16(20)21)17(22)19-12-11-18(2,3)4/h9-10,14H,5-8,11-13H2,1-4H3,(H,19,22). The van der Waals surface area contributed by atoms with E-state index in [9.17, 15) is 9.59 Å². The topological polar surface area (TPSA) is 51.1 Å². The van der Waals surface area contributed by atoms with Gasteiger partial charge >= 0.3 is 0 Å². The number of aromatic nitrogens is 1. The highest BCUT2D eigenvalue weighted by Gasteiger charge is 2.12. The van der Waals surface area contributed by atoms with Crippen molar-refractivity contribution in [2.75, 3.05) is 6.54 Å². The van der Waals surface area contributed by atoms with Gasteiger partial charge in [-0.15, -0.1) is 0 Å². The first kappa shape index (κ1) is 18.5. The number of unbranched alkanes of at least 4 members (excludes halogenated alkanes) is 3. The minimum Gasteiger partial charge on any atom is -0.352 e. The molecule has 1 heterocycles. The van der Waals surface area contributed by atoms with E-state index in [-0.39, 0.29) is 16.9 Å². The third-order valence-electron chi connectivity index (χ3n) is 3.66. The van der Waals surface area contributed by atoms with Crippen LogP contribution in [-0.4, -0.2) is 17.0 Å². The number of pyridine rings is 1. The Hall–Kier alpha value is -1.58. The Kier molecular flexibility index (Phi) is 7.36. The Morgan fingerprint density at radius 2 is 1.91 bits per heavy atom. The first-order valence-electron chi connectivity index (χ1n) is 8.32. The summed E-state index contributed by atoms with van der Waals surface area (Å²) in [7, 11) is 0. The van der Waals surface area contributed by atoms with Crippen LogP contribution in [0.15, 0.2) is 23.1 Å². The van der Waals surface area contributed by atoms with Crippen LogP contribution in [0.3, 0.4) is 0 Å². The molecule has 0 aromatic carbocycles. The van der Waals surface area contributed by atoms with Gasteiger partial charge in [0, 0.05) is 25.4 Å². The van der Waals surface area contributed by atoms with E-state index in [0.29, 0.717) is 18.7 Å². The lowest BCUT2D eigenvalue weighted by Crippen LogP contribution is -2.29. The number of carbonyl (C=O) groups is 1. The van der Waals surface area contributed by atoms with E-state index in [1.807, 2.05) is 0 Å². The summed E-state index contributed by atoms with van der Waals surface area (Å²) in [4.78, 5) is 24.0. The molecule has 124 valence electrons. The van der Waals surface area contributed by atoms with Crippen molar-refractivity contribution < 1.29 is 4.79 Å². The SMILES string of the molecule is CCCCCCn1cc(C(=O)NCCC(C)(C)C)ccc1=O. The average molecular weight is 306 g/mol. The normalized spacial score (nSPS) is 11.5. The molecule has 0 aliphatic rings. The zero-order valence-electron chi connectivity index (χ0n) is 14.4. The number of nitrogens with one attached hydrogen (secondary N) is 1. The molecule has 0 saturated carbocycles. The van der Waals surface area contributed by atoms with Crippen LogP contribution in [0.25, 0.3) is 0 Å². The van der Waals surface area contributed by atoms with Crippen molar-refractivity contribution in [3.8, 4) is 0 Å². The Bertz CT molecular complexity index is 527. The fourth-order valence-electron chi connectivity index (χ4n) is 2.20. The van der Waals surface area contributed by atoms with Gasteiger partial charge in [0.15, 0.2) is 0 Å². The zero-order valence-corrected chi connectivity index (χ0v) is 14.4. The van der Waals surface area contributed by atoms with Crippen molar-refractivity contribution >= 4 is 5.91 Å². The highest BCUT2D eigenvalue weighted by Crippen LogP contribution is 2.17. The largest absolute Gasteiger partial charge is 0.352 e. The first-order chi connectivity index (χ1) is 10.3. The number of amides is 1. The minimum atomic E-state index is -0.105. The van der Waals surface area contributed by atoms with Gasteiger partial charge in [-0.3, -0.25) is 9.59 Å². The fourth-order valence-corrected chi connectivity index (χ4v) is 2.20. The predicted molar refractivity (Wildman–Crippen MR) is 91.2 cm³/mol. The van der Waals surface area contributed by atoms with Crippen LogP contribution >= 0.6 is 0 Å². The molecule has 1 rings (SSSR count). The number of rotatable bonds is 8.